The minimum Gasteiger partial charge on any atom is -0.346 e. The normalized spacial score (nSPS) is 9.82. The molecule has 0 unspecified atom stereocenters. The summed E-state index contributed by atoms with van der Waals surface area (Å²) in [5.74, 6) is -0.620. The zero-order valence-corrected chi connectivity index (χ0v) is 11.6. The van der Waals surface area contributed by atoms with Gasteiger partial charge in [0.05, 0.1) is 13.1 Å². The average molecular weight is 347 g/mol. The van der Waals surface area contributed by atoms with Crippen molar-refractivity contribution in [3.63, 3.8) is 0 Å². The first-order chi connectivity index (χ1) is 8.02. The molecule has 1 aromatic carbocycles. The fourth-order valence-corrected chi connectivity index (χ4v) is 1.64. The van der Waals surface area contributed by atoms with Gasteiger partial charge in [0.1, 0.15) is 0 Å². The number of anilines is 1. The second kappa shape index (κ2) is 6.55. The van der Waals surface area contributed by atoms with E-state index in [1.165, 1.54) is 0 Å². The van der Waals surface area contributed by atoms with E-state index in [0.717, 1.165) is 9.13 Å². The van der Waals surface area contributed by atoms with E-state index in [9.17, 15) is 9.59 Å². The standard InChI is InChI=1S/C11H14IN3O2/c1-7-2-3-8(4-9(7)12)15-11(17)6-14-10(16)5-13/h2-4H,5-6,13H2,1H3,(H,14,16)(H,15,17). The lowest BCUT2D eigenvalue weighted by molar-refractivity contribution is -0.123. The van der Waals surface area contributed by atoms with Gasteiger partial charge < -0.3 is 16.4 Å². The van der Waals surface area contributed by atoms with Crippen LogP contribution in [0.4, 0.5) is 5.69 Å². The zero-order chi connectivity index (χ0) is 12.8. The van der Waals surface area contributed by atoms with Gasteiger partial charge >= 0.3 is 0 Å². The smallest absolute Gasteiger partial charge is 0.243 e. The first kappa shape index (κ1) is 13.9. The molecule has 0 bridgehead atoms. The van der Waals surface area contributed by atoms with Crippen LogP contribution in [0.3, 0.4) is 0 Å². The number of nitrogens with two attached hydrogens (primary N) is 1. The minimum atomic E-state index is -0.348. The third kappa shape index (κ3) is 4.70. The quantitative estimate of drug-likeness (QED) is 0.698. The van der Waals surface area contributed by atoms with Gasteiger partial charge in [-0.25, -0.2) is 0 Å². The van der Waals surface area contributed by atoms with Gasteiger partial charge in [-0.1, -0.05) is 6.07 Å². The molecule has 0 aliphatic heterocycles. The Bertz CT molecular complexity index is 435. The molecule has 0 atom stereocenters. The zero-order valence-electron chi connectivity index (χ0n) is 9.42. The largest absolute Gasteiger partial charge is 0.346 e. The number of amides is 2. The third-order valence-electron chi connectivity index (χ3n) is 2.09. The van der Waals surface area contributed by atoms with Gasteiger partial charge in [-0.3, -0.25) is 9.59 Å². The fraction of sp³-hybridized carbons (Fsp3) is 0.273. The number of nitrogens with one attached hydrogen (secondary N) is 2. The number of benzene rings is 1. The molecule has 0 saturated carbocycles. The summed E-state index contributed by atoms with van der Waals surface area (Å²) in [6, 6.07) is 5.62. The Hall–Kier alpha value is -1.15. The summed E-state index contributed by atoms with van der Waals surface area (Å²) >= 11 is 2.20. The van der Waals surface area contributed by atoms with Crippen LogP contribution in [0.2, 0.25) is 0 Å². The summed E-state index contributed by atoms with van der Waals surface area (Å²) < 4.78 is 1.08. The highest BCUT2D eigenvalue weighted by Gasteiger charge is 2.05. The van der Waals surface area contributed by atoms with E-state index in [0.29, 0.717) is 5.69 Å². The van der Waals surface area contributed by atoms with Gasteiger partial charge in [0.25, 0.3) is 0 Å². The monoisotopic (exact) mass is 347 g/mol. The van der Waals surface area contributed by atoms with Gasteiger partial charge in [0, 0.05) is 9.26 Å². The van der Waals surface area contributed by atoms with E-state index in [1.54, 1.807) is 0 Å². The number of carbonyl (C=O) groups is 2. The van der Waals surface area contributed by atoms with Crippen molar-refractivity contribution in [2.45, 2.75) is 6.92 Å². The summed E-state index contributed by atoms with van der Waals surface area (Å²) in [7, 11) is 0. The molecule has 0 radical (unpaired) electrons. The molecule has 0 aliphatic rings. The van der Waals surface area contributed by atoms with Gasteiger partial charge in [-0.2, -0.15) is 0 Å². The Labute approximate surface area is 113 Å². The number of halogens is 1. The van der Waals surface area contributed by atoms with Gasteiger partial charge in [0.2, 0.25) is 11.8 Å². The number of hydrogen-bond donors (Lipinski definition) is 3. The van der Waals surface area contributed by atoms with E-state index in [2.05, 4.69) is 33.2 Å². The fourth-order valence-electron chi connectivity index (χ4n) is 1.13. The molecule has 0 fully saturated rings. The number of rotatable bonds is 4. The van der Waals surface area contributed by atoms with Gasteiger partial charge in [0.15, 0.2) is 0 Å². The van der Waals surface area contributed by atoms with E-state index >= 15 is 0 Å². The highest BCUT2D eigenvalue weighted by molar-refractivity contribution is 14.1. The van der Waals surface area contributed by atoms with Crippen molar-refractivity contribution in [2.24, 2.45) is 5.73 Å². The third-order valence-corrected chi connectivity index (χ3v) is 3.25. The van der Waals surface area contributed by atoms with Crippen LogP contribution < -0.4 is 16.4 Å². The SMILES string of the molecule is Cc1ccc(NC(=O)CNC(=O)CN)cc1I. The van der Waals surface area contributed by atoms with Crippen LogP contribution >= 0.6 is 22.6 Å². The average Bonchev–Trinajstić information content (AvgIpc) is 2.31. The molecule has 0 saturated heterocycles. The summed E-state index contributed by atoms with van der Waals surface area (Å²) in [6.07, 6.45) is 0. The molecule has 1 rings (SSSR count). The van der Waals surface area contributed by atoms with Crippen molar-refractivity contribution < 1.29 is 9.59 Å². The highest BCUT2D eigenvalue weighted by Crippen LogP contribution is 2.16. The highest BCUT2D eigenvalue weighted by atomic mass is 127. The number of carbonyl (C=O) groups excluding carboxylic acids is 2. The Kier molecular flexibility index (Phi) is 5.36. The van der Waals surface area contributed by atoms with E-state index in [4.69, 9.17) is 5.73 Å². The van der Waals surface area contributed by atoms with E-state index < -0.39 is 0 Å². The molecule has 2 amide bonds. The Morgan fingerprint density at radius 1 is 1.35 bits per heavy atom. The number of hydrogen-bond acceptors (Lipinski definition) is 3. The molecule has 92 valence electrons. The van der Waals surface area contributed by atoms with Gasteiger partial charge in [-0.05, 0) is 47.2 Å². The molecule has 0 aromatic heterocycles. The van der Waals surface area contributed by atoms with Crippen LogP contribution in [0.15, 0.2) is 18.2 Å². The summed E-state index contributed by atoms with van der Waals surface area (Å²) in [5.41, 5.74) is 6.97. The molecule has 5 nitrogen and oxygen atoms in total. The van der Waals surface area contributed by atoms with Crippen molar-refractivity contribution in [3.8, 4) is 0 Å². The van der Waals surface area contributed by atoms with Crippen LogP contribution in [0.25, 0.3) is 0 Å². The summed E-state index contributed by atoms with van der Waals surface area (Å²) in [6.45, 7) is 1.81. The maximum Gasteiger partial charge on any atom is 0.243 e. The van der Waals surface area contributed by atoms with Crippen molar-refractivity contribution in [1.29, 1.82) is 0 Å². The molecule has 6 heteroatoms. The lowest BCUT2D eigenvalue weighted by atomic mass is 10.2. The van der Waals surface area contributed by atoms with Crippen LogP contribution in [0, 0.1) is 10.5 Å². The number of aryl methyl sites for hydroxylation is 1. The van der Waals surface area contributed by atoms with E-state index in [1.807, 2.05) is 25.1 Å². The maximum absolute atomic E-state index is 11.5. The second-order valence-corrected chi connectivity index (χ2v) is 4.66. The molecule has 0 heterocycles. The lowest BCUT2D eigenvalue weighted by Gasteiger charge is -2.07. The van der Waals surface area contributed by atoms with E-state index in [-0.39, 0.29) is 24.9 Å². The molecule has 4 N–H and O–H groups in total. The molecular weight excluding hydrogens is 333 g/mol. The van der Waals surface area contributed by atoms with Crippen LogP contribution in [-0.4, -0.2) is 24.9 Å². The summed E-state index contributed by atoms with van der Waals surface area (Å²) in [4.78, 5) is 22.3. The minimum absolute atomic E-state index is 0.0690. The first-order valence-electron chi connectivity index (χ1n) is 5.05. The van der Waals surface area contributed by atoms with Crippen molar-refractivity contribution in [3.05, 3.63) is 27.3 Å². The molecule has 0 aliphatic carbocycles. The lowest BCUT2D eigenvalue weighted by Crippen LogP contribution is -2.36. The Morgan fingerprint density at radius 2 is 2.06 bits per heavy atom. The van der Waals surface area contributed by atoms with Crippen LogP contribution in [-0.2, 0) is 9.59 Å². The molecule has 1 aromatic rings. The Morgan fingerprint density at radius 3 is 2.65 bits per heavy atom. The molecule has 0 spiro atoms. The molecular formula is C11H14IN3O2. The predicted octanol–water partition coefficient (Wildman–Crippen LogP) is 0.613. The van der Waals surface area contributed by atoms with Crippen LogP contribution in [0.5, 0.6) is 0 Å². The van der Waals surface area contributed by atoms with Crippen LogP contribution in [0.1, 0.15) is 5.56 Å². The molecule has 17 heavy (non-hydrogen) atoms. The predicted molar refractivity (Wildman–Crippen MR) is 74.6 cm³/mol. The van der Waals surface area contributed by atoms with Gasteiger partial charge in [-0.15, -0.1) is 0 Å². The van der Waals surface area contributed by atoms with Crippen molar-refractivity contribution in [2.75, 3.05) is 18.4 Å². The second-order valence-electron chi connectivity index (χ2n) is 3.49. The maximum atomic E-state index is 11.5. The summed E-state index contributed by atoms with van der Waals surface area (Å²) in [5, 5.41) is 5.09. The van der Waals surface area contributed by atoms with Crippen molar-refractivity contribution in [1.82, 2.24) is 5.32 Å². The van der Waals surface area contributed by atoms with Crippen molar-refractivity contribution >= 4 is 40.1 Å². The Balaban J connectivity index is 2.50. The topological polar surface area (TPSA) is 84.2 Å². The first-order valence-corrected chi connectivity index (χ1v) is 6.13.